The Morgan fingerprint density at radius 1 is 1.08 bits per heavy atom. The van der Waals surface area contributed by atoms with Gasteiger partial charge in [0, 0.05) is 12.6 Å². The second kappa shape index (κ2) is 8.70. The first-order chi connectivity index (χ1) is 12.7. The first kappa shape index (κ1) is 18.2. The van der Waals surface area contributed by atoms with Crippen molar-refractivity contribution in [2.24, 2.45) is 5.92 Å². The van der Waals surface area contributed by atoms with E-state index in [1.165, 1.54) is 25.7 Å². The Morgan fingerprint density at radius 2 is 1.81 bits per heavy atom. The molecule has 1 saturated carbocycles. The van der Waals surface area contributed by atoms with Crippen molar-refractivity contribution >= 4 is 11.9 Å². The van der Waals surface area contributed by atoms with Gasteiger partial charge < -0.3 is 14.4 Å². The van der Waals surface area contributed by atoms with E-state index in [0.29, 0.717) is 23.3 Å². The molecular weight excluding hydrogens is 332 g/mol. The first-order valence-electron chi connectivity index (χ1n) is 9.25. The third-order valence-electron chi connectivity index (χ3n) is 5.26. The summed E-state index contributed by atoms with van der Waals surface area (Å²) in [4.78, 5) is 26.2. The lowest BCUT2D eigenvalue weighted by molar-refractivity contribution is -0.156. The van der Waals surface area contributed by atoms with Crippen LogP contribution >= 0.6 is 0 Å². The van der Waals surface area contributed by atoms with E-state index in [9.17, 15) is 9.59 Å². The van der Waals surface area contributed by atoms with Crippen LogP contribution in [-0.2, 0) is 14.3 Å². The van der Waals surface area contributed by atoms with E-state index in [1.807, 2.05) is 11.0 Å². The van der Waals surface area contributed by atoms with Gasteiger partial charge in [0.25, 0.3) is 5.91 Å². The molecule has 0 N–H and O–H groups in total. The minimum absolute atomic E-state index is 0.103. The van der Waals surface area contributed by atoms with Crippen molar-refractivity contribution in [2.45, 2.75) is 44.6 Å². The van der Waals surface area contributed by atoms with Crippen molar-refractivity contribution in [3.8, 4) is 11.8 Å². The number of esters is 1. The maximum absolute atomic E-state index is 12.5. The third-order valence-corrected chi connectivity index (χ3v) is 5.26. The smallest absolute Gasteiger partial charge is 0.344 e. The lowest BCUT2D eigenvalue weighted by atomic mass is 9.78. The molecule has 1 aliphatic carbocycles. The summed E-state index contributed by atoms with van der Waals surface area (Å²) in [5.41, 5.74) is 0.521. The van der Waals surface area contributed by atoms with E-state index in [4.69, 9.17) is 14.7 Å². The highest BCUT2D eigenvalue weighted by molar-refractivity contribution is 5.81. The van der Waals surface area contributed by atoms with Crippen LogP contribution in [0.2, 0.25) is 0 Å². The lowest BCUT2D eigenvalue weighted by Gasteiger charge is -2.44. The molecule has 138 valence electrons. The maximum Gasteiger partial charge on any atom is 0.344 e. The molecule has 3 rings (SSSR count). The molecule has 1 amide bonds. The molecule has 0 spiro atoms. The zero-order valence-electron chi connectivity index (χ0n) is 14.9. The number of nitrogens with zero attached hydrogens (tertiary/aromatic N) is 2. The number of carbonyl (C=O) groups is 2. The molecular formula is C20H24N2O4. The number of ether oxygens (including phenoxy) is 2. The fourth-order valence-electron chi connectivity index (χ4n) is 3.97. The van der Waals surface area contributed by atoms with Gasteiger partial charge in [0.1, 0.15) is 5.75 Å². The van der Waals surface area contributed by atoms with E-state index in [0.717, 1.165) is 19.4 Å². The molecule has 2 aliphatic rings. The maximum atomic E-state index is 12.5. The van der Waals surface area contributed by atoms with Gasteiger partial charge in [-0.05, 0) is 55.9 Å². The number of likely N-dealkylation sites (tertiary alicyclic amines) is 1. The summed E-state index contributed by atoms with van der Waals surface area (Å²) in [6.45, 7) is 0.281. The van der Waals surface area contributed by atoms with Crippen molar-refractivity contribution in [2.75, 3.05) is 19.8 Å². The van der Waals surface area contributed by atoms with Gasteiger partial charge in [-0.15, -0.1) is 0 Å². The Kier molecular flexibility index (Phi) is 6.11. The standard InChI is InChI=1S/C20H24N2O4/c21-12-15-7-9-17(10-8-15)25-14-20(24)26-13-19(23)22-11-3-5-16-4-1-2-6-18(16)22/h7-10,16,18H,1-6,11,13-14H2/t16-,18+/m1/s1. The van der Waals surface area contributed by atoms with E-state index < -0.39 is 5.97 Å². The van der Waals surface area contributed by atoms with Crippen molar-refractivity contribution in [1.29, 1.82) is 5.26 Å². The topological polar surface area (TPSA) is 79.6 Å². The van der Waals surface area contributed by atoms with Crippen LogP contribution in [0.25, 0.3) is 0 Å². The summed E-state index contributed by atoms with van der Waals surface area (Å²) in [5.74, 6) is 0.415. The van der Waals surface area contributed by atoms with Gasteiger partial charge in [-0.2, -0.15) is 5.26 Å². The average molecular weight is 356 g/mol. The van der Waals surface area contributed by atoms with Gasteiger partial charge in [-0.25, -0.2) is 4.79 Å². The predicted octanol–water partition coefficient (Wildman–Crippen LogP) is 2.66. The second-order valence-electron chi connectivity index (χ2n) is 6.93. The van der Waals surface area contributed by atoms with Gasteiger partial charge in [0.2, 0.25) is 0 Å². The van der Waals surface area contributed by atoms with Crippen LogP contribution in [-0.4, -0.2) is 42.6 Å². The number of amides is 1. The van der Waals surface area contributed by atoms with Crippen LogP contribution in [0.5, 0.6) is 5.75 Å². The largest absolute Gasteiger partial charge is 0.482 e. The highest BCUT2D eigenvalue weighted by Crippen LogP contribution is 2.35. The number of hydrogen-bond acceptors (Lipinski definition) is 5. The molecule has 2 fully saturated rings. The second-order valence-corrected chi connectivity index (χ2v) is 6.93. The number of rotatable bonds is 5. The van der Waals surface area contributed by atoms with E-state index in [2.05, 4.69) is 0 Å². The summed E-state index contributed by atoms with van der Waals surface area (Å²) in [7, 11) is 0. The number of carbonyl (C=O) groups excluding carboxylic acids is 2. The van der Waals surface area contributed by atoms with E-state index in [-0.39, 0.29) is 19.1 Å². The Morgan fingerprint density at radius 3 is 2.58 bits per heavy atom. The van der Waals surface area contributed by atoms with Crippen molar-refractivity contribution in [1.82, 2.24) is 4.90 Å². The number of fused-ring (bicyclic) bond motifs is 1. The lowest BCUT2D eigenvalue weighted by Crippen LogP contribution is -2.51. The highest BCUT2D eigenvalue weighted by atomic mass is 16.6. The minimum Gasteiger partial charge on any atom is -0.482 e. The average Bonchev–Trinajstić information content (AvgIpc) is 2.70. The molecule has 0 bridgehead atoms. The Bertz CT molecular complexity index is 678. The molecule has 0 aromatic heterocycles. The Balaban J connectivity index is 1.43. The number of benzene rings is 1. The van der Waals surface area contributed by atoms with Gasteiger partial charge in [0.15, 0.2) is 13.2 Å². The van der Waals surface area contributed by atoms with Gasteiger partial charge in [0.05, 0.1) is 11.6 Å². The molecule has 1 aromatic carbocycles. The van der Waals surface area contributed by atoms with Crippen LogP contribution in [0.3, 0.4) is 0 Å². The van der Waals surface area contributed by atoms with Gasteiger partial charge >= 0.3 is 5.97 Å². The molecule has 1 heterocycles. The molecule has 2 atom stereocenters. The van der Waals surface area contributed by atoms with E-state index in [1.54, 1.807) is 24.3 Å². The normalized spacial score (nSPS) is 22.0. The summed E-state index contributed by atoms with van der Waals surface area (Å²) >= 11 is 0. The monoisotopic (exact) mass is 356 g/mol. The molecule has 6 nitrogen and oxygen atoms in total. The quantitative estimate of drug-likeness (QED) is 0.758. The zero-order valence-corrected chi connectivity index (χ0v) is 14.9. The van der Waals surface area contributed by atoms with E-state index >= 15 is 0 Å². The van der Waals surface area contributed by atoms with Crippen molar-refractivity contribution in [3.63, 3.8) is 0 Å². The number of nitriles is 1. The Hall–Kier alpha value is -2.55. The first-order valence-corrected chi connectivity index (χ1v) is 9.25. The fraction of sp³-hybridized carbons (Fsp3) is 0.550. The van der Waals surface area contributed by atoms with Crippen LogP contribution < -0.4 is 4.74 Å². The predicted molar refractivity (Wildman–Crippen MR) is 94.3 cm³/mol. The summed E-state index contributed by atoms with van der Waals surface area (Å²) in [6, 6.07) is 8.79. The summed E-state index contributed by atoms with van der Waals surface area (Å²) in [5, 5.41) is 8.75. The highest BCUT2D eigenvalue weighted by Gasteiger charge is 2.35. The van der Waals surface area contributed by atoms with Crippen LogP contribution in [0.1, 0.15) is 44.1 Å². The molecule has 1 saturated heterocycles. The SMILES string of the molecule is N#Cc1ccc(OCC(=O)OCC(=O)N2CCC[C@H]3CCCC[C@@H]32)cc1. The zero-order chi connectivity index (χ0) is 18.4. The summed E-state index contributed by atoms with van der Waals surface area (Å²) in [6.07, 6.45) is 6.92. The third kappa shape index (κ3) is 4.54. The van der Waals surface area contributed by atoms with Crippen molar-refractivity contribution in [3.05, 3.63) is 29.8 Å². The molecule has 6 heteroatoms. The molecule has 0 unspecified atom stereocenters. The van der Waals surface area contributed by atoms with Gasteiger partial charge in [-0.3, -0.25) is 4.79 Å². The van der Waals surface area contributed by atoms with Gasteiger partial charge in [-0.1, -0.05) is 12.8 Å². The van der Waals surface area contributed by atoms with Crippen LogP contribution in [0.4, 0.5) is 0 Å². The molecule has 0 radical (unpaired) electrons. The minimum atomic E-state index is -0.570. The molecule has 1 aliphatic heterocycles. The van der Waals surface area contributed by atoms with Crippen LogP contribution in [0.15, 0.2) is 24.3 Å². The molecule has 1 aromatic rings. The fourth-order valence-corrected chi connectivity index (χ4v) is 3.97. The number of piperidine rings is 1. The Labute approximate surface area is 153 Å². The van der Waals surface area contributed by atoms with Crippen LogP contribution in [0, 0.1) is 17.2 Å². The number of hydrogen-bond donors (Lipinski definition) is 0. The molecule has 26 heavy (non-hydrogen) atoms. The van der Waals surface area contributed by atoms with Crippen molar-refractivity contribution < 1.29 is 19.1 Å². The summed E-state index contributed by atoms with van der Waals surface area (Å²) < 4.78 is 10.4.